The number of aromatic nitrogens is 3. The van der Waals surface area contributed by atoms with Gasteiger partial charge >= 0.3 is 0 Å². The molecule has 0 saturated heterocycles. The van der Waals surface area contributed by atoms with E-state index in [9.17, 15) is 9.59 Å². The maximum absolute atomic E-state index is 12.4. The maximum atomic E-state index is 12.4. The van der Waals surface area contributed by atoms with E-state index in [4.69, 9.17) is 0 Å². The number of H-pyrrole nitrogens is 1. The number of carbonyl (C=O) groups is 1. The highest BCUT2D eigenvalue weighted by molar-refractivity contribution is 5.95. The van der Waals surface area contributed by atoms with Crippen LogP contribution in [0.4, 0.5) is 0 Å². The first kappa shape index (κ1) is 15.8. The average molecular weight is 344 g/mol. The van der Waals surface area contributed by atoms with Crippen molar-refractivity contribution in [1.82, 2.24) is 19.9 Å². The molecule has 0 aliphatic carbocycles. The normalized spacial score (nSPS) is 10.8. The molecule has 0 spiro atoms. The van der Waals surface area contributed by atoms with E-state index in [-0.39, 0.29) is 11.5 Å². The first-order chi connectivity index (χ1) is 12.7. The predicted octanol–water partition coefficient (Wildman–Crippen LogP) is 2.74. The van der Waals surface area contributed by atoms with Crippen LogP contribution in [0, 0.1) is 0 Å². The zero-order valence-electron chi connectivity index (χ0n) is 14.1. The number of benzene rings is 2. The highest BCUT2D eigenvalue weighted by Crippen LogP contribution is 2.29. The van der Waals surface area contributed by atoms with Gasteiger partial charge in [-0.3, -0.25) is 9.59 Å². The monoisotopic (exact) mass is 344 g/mol. The van der Waals surface area contributed by atoms with Crippen molar-refractivity contribution in [3.05, 3.63) is 83.0 Å². The molecular weight excluding hydrogens is 328 g/mol. The Morgan fingerprint density at radius 2 is 1.81 bits per heavy atom. The molecule has 1 amide bonds. The van der Waals surface area contributed by atoms with Crippen LogP contribution < -0.4 is 10.9 Å². The highest BCUT2D eigenvalue weighted by atomic mass is 16.1. The summed E-state index contributed by atoms with van der Waals surface area (Å²) in [5.41, 5.74) is 3.53. The van der Waals surface area contributed by atoms with Crippen LogP contribution in [0.15, 0.2) is 71.9 Å². The predicted molar refractivity (Wildman–Crippen MR) is 101 cm³/mol. The van der Waals surface area contributed by atoms with Gasteiger partial charge in [0.15, 0.2) is 5.65 Å². The lowest BCUT2D eigenvalue weighted by atomic mass is 10.1. The van der Waals surface area contributed by atoms with Crippen LogP contribution in [0.2, 0.25) is 0 Å². The second-order valence-electron chi connectivity index (χ2n) is 5.84. The second kappa shape index (κ2) is 6.33. The molecule has 2 N–H and O–H groups in total. The van der Waals surface area contributed by atoms with Gasteiger partial charge in [-0.05, 0) is 29.8 Å². The number of rotatable bonds is 3. The quantitative estimate of drug-likeness (QED) is 0.600. The number of amides is 1. The molecule has 4 aromatic rings. The lowest BCUT2D eigenvalue weighted by Crippen LogP contribution is -2.17. The molecule has 2 aromatic carbocycles. The molecule has 0 fully saturated rings. The van der Waals surface area contributed by atoms with Crippen molar-refractivity contribution in [2.75, 3.05) is 7.05 Å². The number of nitrogens with zero attached hydrogens (tertiary/aromatic N) is 2. The van der Waals surface area contributed by atoms with Crippen LogP contribution in [0.5, 0.6) is 0 Å². The van der Waals surface area contributed by atoms with Crippen molar-refractivity contribution in [3.63, 3.8) is 0 Å². The van der Waals surface area contributed by atoms with Crippen molar-refractivity contribution >= 4 is 16.9 Å². The largest absolute Gasteiger partial charge is 0.355 e. The number of aromatic amines is 1. The number of fused-ring (bicyclic) bond motifs is 1. The Bertz CT molecular complexity index is 1140. The van der Waals surface area contributed by atoms with Gasteiger partial charge in [0.1, 0.15) is 0 Å². The second-order valence-corrected chi connectivity index (χ2v) is 5.84. The lowest BCUT2D eigenvalue weighted by molar-refractivity contribution is 0.0963. The van der Waals surface area contributed by atoms with E-state index in [2.05, 4.69) is 15.3 Å². The number of carbonyl (C=O) groups excluding carboxylic acids is 1. The van der Waals surface area contributed by atoms with Crippen LogP contribution in [0.1, 0.15) is 10.4 Å². The van der Waals surface area contributed by atoms with Gasteiger partial charge < -0.3 is 14.9 Å². The van der Waals surface area contributed by atoms with Crippen LogP contribution >= 0.6 is 0 Å². The maximum Gasteiger partial charge on any atom is 0.260 e. The summed E-state index contributed by atoms with van der Waals surface area (Å²) in [6.45, 7) is 0. The van der Waals surface area contributed by atoms with Crippen LogP contribution in [0.3, 0.4) is 0 Å². The van der Waals surface area contributed by atoms with E-state index in [0.29, 0.717) is 16.6 Å². The SMILES string of the molecule is CNC(=O)c1ccc(-n2cc(-c3ccccc3)c3c(=O)[nH]cnc32)cc1. The molecular formula is C20H16N4O2. The third kappa shape index (κ3) is 2.57. The van der Waals surface area contributed by atoms with E-state index < -0.39 is 0 Å². The molecule has 26 heavy (non-hydrogen) atoms. The lowest BCUT2D eigenvalue weighted by Gasteiger charge is -2.06. The van der Waals surface area contributed by atoms with Gasteiger partial charge in [-0.1, -0.05) is 30.3 Å². The molecule has 2 heterocycles. The zero-order chi connectivity index (χ0) is 18.1. The van der Waals surface area contributed by atoms with E-state index in [1.807, 2.05) is 53.2 Å². The fourth-order valence-electron chi connectivity index (χ4n) is 3.02. The van der Waals surface area contributed by atoms with Gasteiger partial charge in [0.2, 0.25) is 0 Å². The van der Waals surface area contributed by atoms with E-state index >= 15 is 0 Å². The minimum absolute atomic E-state index is 0.145. The Hall–Kier alpha value is -3.67. The molecule has 0 atom stereocenters. The summed E-state index contributed by atoms with van der Waals surface area (Å²) in [4.78, 5) is 31.2. The Labute approximate surface area is 149 Å². The standard InChI is InChI=1S/C20H16N4O2/c1-21-19(25)14-7-9-15(10-8-14)24-11-16(13-5-3-2-4-6-13)17-18(24)22-12-23-20(17)26/h2-12H,1H3,(H,21,25)(H,22,23,26). The summed E-state index contributed by atoms with van der Waals surface area (Å²) >= 11 is 0. The minimum atomic E-state index is -0.186. The van der Waals surface area contributed by atoms with Gasteiger partial charge in [0, 0.05) is 30.1 Å². The molecule has 6 heteroatoms. The summed E-state index contributed by atoms with van der Waals surface area (Å²) in [7, 11) is 1.60. The number of hydrogen-bond donors (Lipinski definition) is 2. The van der Waals surface area contributed by atoms with E-state index in [1.165, 1.54) is 6.33 Å². The summed E-state index contributed by atoms with van der Waals surface area (Å²) < 4.78 is 1.86. The van der Waals surface area contributed by atoms with Crippen molar-refractivity contribution in [1.29, 1.82) is 0 Å². The van der Waals surface area contributed by atoms with Gasteiger partial charge in [-0.2, -0.15) is 0 Å². The van der Waals surface area contributed by atoms with Crippen LogP contribution in [-0.4, -0.2) is 27.5 Å². The molecule has 0 saturated carbocycles. The third-order valence-corrected chi connectivity index (χ3v) is 4.31. The molecule has 0 aliphatic heterocycles. The molecule has 6 nitrogen and oxygen atoms in total. The Balaban J connectivity index is 1.93. The fourth-order valence-corrected chi connectivity index (χ4v) is 3.02. The van der Waals surface area contributed by atoms with Crippen molar-refractivity contribution < 1.29 is 4.79 Å². The zero-order valence-corrected chi connectivity index (χ0v) is 14.1. The summed E-state index contributed by atoms with van der Waals surface area (Å²) in [5, 5.41) is 3.14. The third-order valence-electron chi connectivity index (χ3n) is 4.31. The molecule has 2 aromatic heterocycles. The van der Waals surface area contributed by atoms with Crippen molar-refractivity contribution in [3.8, 4) is 16.8 Å². The van der Waals surface area contributed by atoms with Crippen molar-refractivity contribution in [2.24, 2.45) is 0 Å². The summed E-state index contributed by atoms with van der Waals surface area (Å²) in [5.74, 6) is -0.145. The van der Waals surface area contributed by atoms with Gasteiger partial charge in [0.05, 0.1) is 11.7 Å². The number of nitrogens with one attached hydrogen (secondary N) is 2. The summed E-state index contributed by atoms with van der Waals surface area (Å²) in [6.07, 6.45) is 3.30. The smallest absolute Gasteiger partial charge is 0.260 e. The van der Waals surface area contributed by atoms with Gasteiger partial charge in [-0.15, -0.1) is 0 Å². The Morgan fingerprint density at radius 3 is 2.50 bits per heavy atom. The molecule has 0 radical (unpaired) electrons. The molecule has 0 unspecified atom stereocenters. The number of hydrogen-bond acceptors (Lipinski definition) is 3. The molecule has 128 valence electrons. The Morgan fingerprint density at radius 1 is 1.08 bits per heavy atom. The van der Waals surface area contributed by atoms with Gasteiger partial charge in [-0.25, -0.2) is 4.98 Å². The van der Waals surface area contributed by atoms with E-state index in [0.717, 1.165) is 16.8 Å². The summed E-state index contributed by atoms with van der Waals surface area (Å²) in [6, 6.07) is 16.9. The fraction of sp³-hybridized carbons (Fsp3) is 0.0500. The first-order valence-electron chi connectivity index (χ1n) is 8.15. The molecule has 4 rings (SSSR count). The molecule has 0 bridgehead atoms. The Kier molecular flexibility index (Phi) is 3.85. The minimum Gasteiger partial charge on any atom is -0.355 e. The van der Waals surface area contributed by atoms with Crippen LogP contribution in [0.25, 0.3) is 27.8 Å². The van der Waals surface area contributed by atoms with Crippen molar-refractivity contribution in [2.45, 2.75) is 0 Å². The topological polar surface area (TPSA) is 79.8 Å². The van der Waals surface area contributed by atoms with Crippen LogP contribution in [-0.2, 0) is 0 Å². The van der Waals surface area contributed by atoms with Gasteiger partial charge in [0.25, 0.3) is 11.5 Å². The molecule has 0 aliphatic rings. The average Bonchev–Trinajstić information content (AvgIpc) is 3.09. The van der Waals surface area contributed by atoms with E-state index in [1.54, 1.807) is 19.2 Å². The highest BCUT2D eigenvalue weighted by Gasteiger charge is 2.15. The first-order valence-corrected chi connectivity index (χ1v) is 8.15.